The van der Waals surface area contributed by atoms with Crippen LogP contribution < -0.4 is 4.72 Å². The van der Waals surface area contributed by atoms with Crippen molar-refractivity contribution in [2.24, 2.45) is 0 Å². The second-order valence-corrected chi connectivity index (χ2v) is 6.08. The van der Waals surface area contributed by atoms with Crippen molar-refractivity contribution in [3.05, 3.63) is 0 Å². The van der Waals surface area contributed by atoms with E-state index in [1.54, 1.807) is 0 Å². The lowest BCUT2D eigenvalue weighted by Gasteiger charge is -2.28. The monoisotopic (exact) mass is 251 g/mol. The maximum Gasteiger partial charge on any atom is 0.323 e. The molecule has 94 valence electrons. The Bertz CT molecular complexity index is 353. The van der Waals surface area contributed by atoms with Gasteiger partial charge in [0.05, 0.1) is 6.10 Å². The Hall–Kier alpha value is -0.660. The molecule has 7 heteroatoms. The molecule has 1 saturated heterocycles. The molecular weight excluding hydrogens is 234 g/mol. The molecule has 0 amide bonds. The first-order valence-corrected chi connectivity index (χ1v) is 6.73. The molecule has 0 spiro atoms. The van der Waals surface area contributed by atoms with Crippen molar-refractivity contribution in [2.45, 2.75) is 44.1 Å². The third kappa shape index (κ3) is 3.43. The first kappa shape index (κ1) is 13.4. The fraction of sp³-hybridized carbons (Fsp3) is 0.889. The molecule has 0 bridgehead atoms. The number of carboxylic acid groups (broad SMARTS) is 1. The second-order valence-electron chi connectivity index (χ2n) is 4.05. The zero-order chi connectivity index (χ0) is 12.3. The first-order chi connectivity index (χ1) is 7.33. The van der Waals surface area contributed by atoms with Crippen molar-refractivity contribution in [3.8, 4) is 0 Å². The van der Waals surface area contributed by atoms with E-state index in [1.807, 2.05) is 6.92 Å². The van der Waals surface area contributed by atoms with Gasteiger partial charge < -0.3 is 9.84 Å². The standard InChI is InChI=1S/C9H17NO5S/c1-6-5-8(3-4-15-6)10-16(13,14)7(2)9(11)12/h6-8,10H,3-5H2,1-2H3,(H,11,12). The molecule has 0 radical (unpaired) electrons. The Labute approximate surface area is 95.0 Å². The van der Waals surface area contributed by atoms with Crippen molar-refractivity contribution in [2.75, 3.05) is 6.61 Å². The Balaban J connectivity index is 2.62. The summed E-state index contributed by atoms with van der Waals surface area (Å²) in [6, 6.07) is -0.226. The lowest BCUT2D eigenvalue weighted by atomic mass is 10.1. The zero-order valence-corrected chi connectivity index (χ0v) is 10.2. The summed E-state index contributed by atoms with van der Waals surface area (Å²) in [6.45, 7) is 3.52. The van der Waals surface area contributed by atoms with E-state index in [9.17, 15) is 13.2 Å². The van der Waals surface area contributed by atoms with E-state index in [0.717, 1.165) is 6.92 Å². The van der Waals surface area contributed by atoms with Gasteiger partial charge in [-0.25, -0.2) is 13.1 Å². The maximum atomic E-state index is 11.6. The molecule has 1 rings (SSSR count). The van der Waals surface area contributed by atoms with Gasteiger partial charge in [0.1, 0.15) is 0 Å². The van der Waals surface area contributed by atoms with E-state index < -0.39 is 21.2 Å². The Morgan fingerprint density at radius 3 is 2.69 bits per heavy atom. The van der Waals surface area contributed by atoms with Gasteiger partial charge >= 0.3 is 5.97 Å². The van der Waals surface area contributed by atoms with Crippen LogP contribution in [0.25, 0.3) is 0 Å². The molecule has 3 unspecified atom stereocenters. The molecule has 0 aromatic rings. The quantitative estimate of drug-likeness (QED) is 0.730. The topological polar surface area (TPSA) is 92.7 Å². The molecule has 1 fully saturated rings. The summed E-state index contributed by atoms with van der Waals surface area (Å²) >= 11 is 0. The van der Waals surface area contributed by atoms with Gasteiger partial charge in [-0.05, 0) is 26.7 Å². The Morgan fingerprint density at radius 2 is 2.19 bits per heavy atom. The van der Waals surface area contributed by atoms with E-state index in [4.69, 9.17) is 9.84 Å². The van der Waals surface area contributed by atoms with Crippen molar-refractivity contribution in [1.82, 2.24) is 4.72 Å². The highest BCUT2D eigenvalue weighted by Gasteiger charge is 2.31. The minimum atomic E-state index is -3.79. The van der Waals surface area contributed by atoms with Crippen LogP contribution in [0.4, 0.5) is 0 Å². The molecule has 1 heterocycles. The second kappa shape index (κ2) is 5.11. The predicted molar refractivity (Wildman–Crippen MR) is 57.6 cm³/mol. The van der Waals surface area contributed by atoms with Gasteiger partial charge in [-0.2, -0.15) is 0 Å². The molecule has 0 saturated carbocycles. The smallest absolute Gasteiger partial charge is 0.323 e. The van der Waals surface area contributed by atoms with Crippen LogP contribution in [0.2, 0.25) is 0 Å². The number of sulfonamides is 1. The van der Waals surface area contributed by atoms with Crippen LogP contribution in [0.5, 0.6) is 0 Å². The van der Waals surface area contributed by atoms with E-state index in [-0.39, 0.29) is 12.1 Å². The van der Waals surface area contributed by atoms with Gasteiger partial charge in [-0.15, -0.1) is 0 Å². The fourth-order valence-electron chi connectivity index (χ4n) is 1.57. The van der Waals surface area contributed by atoms with Gasteiger partial charge in [0.25, 0.3) is 0 Å². The molecular formula is C9H17NO5S. The minimum Gasteiger partial charge on any atom is -0.480 e. The predicted octanol–water partition coefficient (Wildman–Crippen LogP) is -0.0536. The van der Waals surface area contributed by atoms with E-state index >= 15 is 0 Å². The highest BCUT2D eigenvalue weighted by molar-refractivity contribution is 7.90. The lowest BCUT2D eigenvalue weighted by molar-refractivity contribution is -0.136. The van der Waals surface area contributed by atoms with Crippen LogP contribution in [0, 0.1) is 0 Å². The van der Waals surface area contributed by atoms with Crippen LogP contribution in [0.3, 0.4) is 0 Å². The summed E-state index contributed by atoms with van der Waals surface area (Å²) < 4.78 is 30.9. The number of ether oxygens (including phenoxy) is 1. The molecule has 0 aliphatic carbocycles. The van der Waals surface area contributed by atoms with Gasteiger partial charge in [0, 0.05) is 12.6 Å². The first-order valence-electron chi connectivity index (χ1n) is 5.18. The van der Waals surface area contributed by atoms with Crippen molar-refractivity contribution < 1.29 is 23.1 Å². The average molecular weight is 251 g/mol. The van der Waals surface area contributed by atoms with Crippen LogP contribution in [0.15, 0.2) is 0 Å². The van der Waals surface area contributed by atoms with Gasteiger partial charge in [-0.3, -0.25) is 4.79 Å². The van der Waals surface area contributed by atoms with Crippen LogP contribution in [-0.4, -0.2) is 43.5 Å². The molecule has 1 aliphatic rings. The number of carbonyl (C=O) groups is 1. The lowest BCUT2D eigenvalue weighted by Crippen LogP contribution is -2.46. The van der Waals surface area contributed by atoms with Crippen LogP contribution in [0.1, 0.15) is 26.7 Å². The molecule has 1 aliphatic heterocycles. The molecule has 0 aromatic heterocycles. The molecule has 16 heavy (non-hydrogen) atoms. The Morgan fingerprint density at radius 1 is 1.56 bits per heavy atom. The van der Waals surface area contributed by atoms with E-state index in [2.05, 4.69) is 4.72 Å². The normalized spacial score (nSPS) is 28.6. The fourth-order valence-corrected chi connectivity index (χ4v) is 2.72. The van der Waals surface area contributed by atoms with Crippen molar-refractivity contribution in [1.29, 1.82) is 0 Å². The highest BCUT2D eigenvalue weighted by Crippen LogP contribution is 2.15. The van der Waals surface area contributed by atoms with Gasteiger partial charge in [-0.1, -0.05) is 0 Å². The summed E-state index contributed by atoms with van der Waals surface area (Å²) in [7, 11) is -3.79. The maximum absolute atomic E-state index is 11.6. The number of rotatable bonds is 4. The van der Waals surface area contributed by atoms with Crippen LogP contribution >= 0.6 is 0 Å². The van der Waals surface area contributed by atoms with Crippen molar-refractivity contribution >= 4 is 16.0 Å². The molecule has 6 nitrogen and oxygen atoms in total. The highest BCUT2D eigenvalue weighted by atomic mass is 32.2. The third-order valence-electron chi connectivity index (χ3n) is 2.63. The van der Waals surface area contributed by atoms with Gasteiger partial charge in [0.2, 0.25) is 10.0 Å². The summed E-state index contributed by atoms with van der Waals surface area (Å²) in [5, 5.41) is 7.23. The molecule has 2 N–H and O–H groups in total. The number of aliphatic carboxylic acids is 1. The zero-order valence-electron chi connectivity index (χ0n) is 9.34. The molecule has 3 atom stereocenters. The number of nitrogens with one attached hydrogen (secondary N) is 1. The number of carboxylic acids is 1. The Kier molecular flexibility index (Phi) is 4.28. The largest absolute Gasteiger partial charge is 0.480 e. The number of hydrogen-bond donors (Lipinski definition) is 2. The van der Waals surface area contributed by atoms with Gasteiger partial charge in [0.15, 0.2) is 5.25 Å². The average Bonchev–Trinajstić information content (AvgIpc) is 2.15. The number of hydrogen-bond acceptors (Lipinski definition) is 4. The third-order valence-corrected chi connectivity index (χ3v) is 4.42. The molecule has 0 aromatic carbocycles. The van der Waals surface area contributed by atoms with Crippen LogP contribution in [-0.2, 0) is 19.6 Å². The SMILES string of the molecule is CC1CC(NS(=O)(=O)C(C)C(=O)O)CCO1. The van der Waals surface area contributed by atoms with Crippen molar-refractivity contribution in [3.63, 3.8) is 0 Å². The summed E-state index contributed by atoms with van der Waals surface area (Å²) in [5.41, 5.74) is 0. The van der Waals surface area contributed by atoms with E-state index in [0.29, 0.717) is 19.4 Å². The minimum absolute atomic E-state index is 0.00147. The summed E-state index contributed by atoms with van der Waals surface area (Å²) in [5.74, 6) is -1.34. The summed E-state index contributed by atoms with van der Waals surface area (Å²) in [4.78, 5) is 10.6. The van der Waals surface area contributed by atoms with E-state index in [1.165, 1.54) is 0 Å². The summed E-state index contributed by atoms with van der Waals surface area (Å²) in [6.07, 6.45) is 1.16.